The Morgan fingerprint density at radius 3 is 2.36 bits per heavy atom. The molecule has 1 heterocycles. The summed E-state index contributed by atoms with van der Waals surface area (Å²) in [5.74, 6) is -0.529. The number of ketones is 2. The molecule has 0 aromatic carbocycles. The number of hydrogen-bond donors (Lipinski definition) is 1. The monoisotopic (exact) mass is 532 g/mol. The van der Waals surface area contributed by atoms with Gasteiger partial charge < -0.3 is 10.1 Å². The highest BCUT2D eigenvalue weighted by Gasteiger charge is 2.80. The number of rotatable bonds is 2. The van der Waals surface area contributed by atoms with E-state index < -0.39 is 33.0 Å². The van der Waals surface area contributed by atoms with E-state index in [0.29, 0.717) is 6.42 Å². The summed E-state index contributed by atoms with van der Waals surface area (Å²) in [4.78, 5) is 41.6. The van der Waals surface area contributed by atoms with Crippen LogP contribution in [0.25, 0.3) is 0 Å². The fourth-order valence-electron chi connectivity index (χ4n) is 9.94. The van der Waals surface area contributed by atoms with Crippen molar-refractivity contribution >= 4 is 17.5 Å². The molecule has 1 aliphatic heterocycles. The number of Topliss-reactive ketones (excluding diaryl/α,β-unsaturated/α-hetero) is 1. The van der Waals surface area contributed by atoms with E-state index in [2.05, 4.69) is 59.5 Å². The Bertz CT molecular complexity index is 1330. The molecule has 8 atom stereocenters. The molecule has 2 saturated carbocycles. The molecule has 5 rings (SSSR count). The van der Waals surface area contributed by atoms with Crippen LogP contribution in [0.15, 0.2) is 35.6 Å². The van der Waals surface area contributed by atoms with E-state index in [4.69, 9.17) is 4.74 Å². The Morgan fingerprint density at radius 1 is 1.15 bits per heavy atom. The number of allylic oxidation sites excluding steroid dienone is 4. The highest BCUT2D eigenvalue weighted by molar-refractivity contribution is 6.16. The quantitative estimate of drug-likeness (QED) is 0.451. The summed E-state index contributed by atoms with van der Waals surface area (Å²) in [5.41, 5.74) is -3.59. The predicted molar refractivity (Wildman–Crippen MR) is 149 cm³/mol. The SMILES string of the molecule is C=C1O[C@]23C(=O)C=C4[C@@]5(C)C=C(C#N)C(=O)[C@@](C)(C(=O)NC)C5CC[C@@]4(C)[C@]2(C)CC[C@@]1(C)C3CC(C)(C)C. The van der Waals surface area contributed by atoms with Gasteiger partial charge in [0.05, 0.1) is 11.3 Å². The normalized spacial score (nSPS) is 46.6. The van der Waals surface area contributed by atoms with Gasteiger partial charge in [0, 0.05) is 29.2 Å². The van der Waals surface area contributed by atoms with E-state index in [9.17, 15) is 19.6 Å². The third-order valence-electron chi connectivity index (χ3n) is 12.3. The Morgan fingerprint density at radius 2 is 1.79 bits per heavy atom. The predicted octanol–water partition coefficient (Wildman–Crippen LogP) is 5.84. The molecule has 6 heteroatoms. The van der Waals surface area contributed by atoms with E-state index in [0.717, 1.165) is 37.0 Å². The zero-order chi connectivity index (χ0) is 29.2. The number of amides is 1. The Kier molecular flexibility index (Phi) is 5.53. The zero-order valence-corrected chi connectivity index (χ0v) is 25.1. The van der Waals surface area contributed by atoms with Crippen LogP contribution in [0.4, 0.5) is 0 Å². The van der Waals surface area contributed by atoms with E-state index >= 15 is 0 Å². The van der Waals surface area contributed by atoms with Crippen molar-refractivity contribution in [2.24, 2.45) is 44.3 Å². The highest BCUT2D eigenvalue weighted by atomic mass is 16.5. The first-order chi connectivity index (χ1) is 17.8. The molecule has 1 saturated heterocycles. The molecule has 1 amide bonds. The van der Waals surface area contributed by atoms with Crippen molar-refractivity contribution in [3.05, 3.63) is 35.6 Å². The fourth-order valence-corrected chi connectivity index (χ4v) is 9.94. The maximum atomic E-state index is 14.7. The summed E-state index contributed by atoms with van der Waals surface area (Å²) >= 11 is 0. The van der Waals surface area contributed by atoms with Crippen molar-refractivity contribution < 1.29 is 19.1 Å². The van der Waals surface area contributed by atoms with Crippen LogP contribution in [0.1, 0.15) is 87.5 Å². The van der Waals surface area contributed by atoms with Crippen molar-refractivity contribution in [2.45, 2.75) is 93.1 Å². The van der Waals surface area contributed by atoms with Gasteiger partial charge in [0.2, 0.25) is 5.91 Å². The number of fused-ring (bicyclic) bond motifs is 5. The van der Waals surface area contributed by atoms with Crippen molar-refractivity contribution in [2.75, 3.05) is 7.05 Å². The minimum absolute atomic E-state index is 0.00443. The third kappa shape index (κ3) is 2.95. The van der Waals surface area contributed by atoms with Gasteiger partial charge in [-0.05, 0) is 67.4 Å². The van der Waals surface area contributed by atoms with Gasteiger partial charge in [0.1, 0.15) is 11.5 Å². The molecule has 0 aromatic heterocycles. The molecular formula is C33H44N2O4. The van der Waals surface area contributed by atoms with Crippen LogP contribution in [-0.4, -0.2) is 30.1 Å². The van der Waals surface area contributed by atoms with Gasteiger partial charge in [-0.3, -0.25) is 14.4 Å². The van der Waals surface area contributed by atoms with E-state index in [1.165, 1.54) is 7.05 Å². The summed E-state index contributed by atoms with van der Waals surface area (Å²) in [6.45, 7) is 21.4. The number of nitrogens with one attached hydrogen (secondary N) is 1. The first kappa shape index (κ1) is 27.9. The molecule has 39 heavy (non-hydrogen) atoms. The van der Waals surface area contributed by atoms with Crippen molar-refractivity contribution in [1.29, 1.82) is 5.26 Å². The van der Waals surface area contributed by atoms with E-state index in [-0.39, 0.29) is 39.9 Å². The molecule has 2 bridgehead atoms. The van der Waals surface area contributed by atoms with Crippen LogP contribution in [0.3, 0.4) is 0 Å². The van der Waals surface area contributed by atoms with E-state index in [1.54, 1.807) is 19.1 Å². The van der Waals surface area contributed by atoms with Crippen LogP contribution >= 0.6 is 0 Å². The summed E-state index contributed by atoms with van der Waals surface area (Å²) in [6, 6.07) is 2.08. The average molecular weight is 533 g/mol. The molecule has 3 fully saturated rings. The highest BCUT2D eigenvalue weighted by Crippen LogP contribution is 2.78. The molecule has 0 aromatic rings. The fraction of sp³-hybridized carbons (Fsp3) is 0.697. The van der Waals surface area contributed by atoms with Crippen LogP contribution in [0.5, 0.6) is 0 Å². The van der Waals surface area contributed by atoms with Gasteiger partial charge in [0.25, 0.3) is 0 Å². The van der Waals surface area contributed by atoms with Crippen LogP contribution in [0.2, 0.25) is 0 Å². The van der Waals surface area contributed by atoms with Gasteiger partial charge >= 0.3 is 0 Å². The Balaban J connectivity index is 1.78. The second-order valence-electron chi connectivity index (χ2n) is 15.2. The van der Waals surface area contributed by atoms with Crippen molar-refractivity contribution in [3.8, 4) is 6.07 Å². The van der Waals surface area contributed by atoms with Crippen LogP contribution in [-0.2, 0) is 19.1 Å². The minimum atomic E-state index is -1.40. The van der Waals surface area contributed by atoms with Gasteiger partial charge in [-0.2, -0.15) is 5.26 Å². The van der Waals surface area contributed by atoms with E-state index in [1.807, 2.05) is 6.92 Å². The number of hydrogen-bond acceptors (Lipinski definition) is 5. The molecule has 6 nitrogen and oxygen atoms in total. The topological polar surface area (TPSA) is 96.3 Å². The molecule has 1 spiro atoms. The smallest absolute Gasteiger partial charge is 0.233 e. The zero-order valence-electron chi connectivity index (χ0n) is 25.1. The largest absolute Gasteiger partial charge is 0.483 e. The Labute approximate surface area is 233 Å². The molecule has 0 radical (unpaired) electrons. The maximum Gasteiger partial charge on any atom is 0.233 e. The lowest BCUT2D eigenvalue weighted by atomic mass is 9.34. The first-order valence-corrected chi connectivity index (χ1v) is 14.4. The second kappa shape index (κ2) is 7.74. The standard InChI is InChI=1S/C33H44N2O4/c1-19-28(5)13-14-31(8)30(7)12-11-21-29(6,16-20(18-34)25(37)32(21,9)26(38)35-10)22(30)15-24(36)33(31,39-19)23(28)17-27(2,3)4/h15-16,21,23H,1,11-14,17H2,2-10H3,(H,35,38)/t21?,23?,28-,29+,30-,31+,32+,33-/m1/s1. The number of ether oxygens (including phenoxy) is 1. The number of nitrogens with zero attached hydrogens (tertiary/aromatic N) is 1. The lowest BCUT2D eigenvalue weighted by Gasteiger charge is -2.68. The van der Waals surface area contributed by atoms with Crippen LogP contribution in [0, 0.1) is 55.7 Å². The second-order valence-corrected chi connectivity index (χ2v) is 15.2. The molecule has 4 aliphatic carbocycles. The maximum absolute atomic E-state index is 14.7. The summed E-state index contributed by atoms with van der Waals surface area (Å²) in [7, 11) is 1.53. The number of nitriles is 1. The molecule has 2 unspecified atom stereocenters. The molecule has 210 valence electrons. The molecule has 1 N–H and O–H groups in total. The lowest BCUT2D eigenvalue weighted by molar-refractivity contribution is -0.198. The minimum Gasteiger partial charge on any atom is -0.483 e. The van der Waals surface area contributed by atoms with Crippen molar-refractivity contribution in [1.82, 2.24) is 5.32 Å². The lowest BCUT2D eigenvalue weighted by Crippen LogP contribution is -2.71. The average Bonchev–Trinajstić information content (AvgIpc) is 3.00. The number of carbonyl (C=O) groups is 3. The van der Waals surface area contributed by atoms with Gasteiger partial charge in [-0.1, -0.05) is 61.1 Å². The van der Waals surface area contributed by atoms with Crippen molar-refractivity contribution in [3.63, 3.8) is 0 Å². The van der Waals surface area contributed by atoms with Gasteiger partial charge in [-0.25, -0.2) is 0 Å². The molecular weight excluding hydrogens is 488 g/mol. The first-order valence-electron chi connectivity index (χ1n) is 14.4. The van der Waals surface area contributed by atoms with Crippen LogP contribution < -0.4 is 5.32 Å². The number of carbonyl (C=O) groups excluding carboxylic acids is 3. The summed E-state index contributed by atoms with van der Waals surface area (Å²) in [6.07, 6.45) is 7.42. The third-order valence-corrected chi connectivity index (χ3v) is 12.3. The summed E-state index contributed by atoms with van der Waals surface area (Å²) < 4.78 is 6.82. The summed E-state index contributed by atoms with van der Waals surface area (Å²) in [5, 5.41) is 12.7. The Hall–Kier alpha value is -2.68. The molecule has 5 aliphatic rings. The van der Waals surface area contributed by atoms with Gasteiger partial charge in [-0.15, -0.1) is 0 Å². The van der Waals surface area contributed by atoms with Gasteiger partial charge in [0.15, 0.2) is 17.2 Å².